The van der Waals surface area contributed by atoms with Crippen molar-refractivity contribution >= 4 is 0 Å². The van der Waals surface area contributed by atoms with Crippen LogP contribution in [0.3, 0.4) is 0 Å². The summed E-state index contributed by atoms with van der Waals surface area (Å²) < 4.78 is 0. The average molecular weight is 303 g/mol. The maximum Gasteiger partial charge on any atom is 0.0780 e. The highest BCUT2D eigenvalue weighted by atomic mass is 16.3. The van der Waals surface area contributed by atoms with Gasteiger partial charge >= 0.3 is 0 Å². The van der Waals surface area contributed by atoms with Gasteiger partial charge in [-0.15, -0.1) is 0 Å². The first-order chi connectivity index (χ1) is 10.4. The van der Waals surface area contributed by atoms with Crippen molar-refractivity contribution in [2.75, 3.05) is 0 Å². The molecule has 4 rings (SSSR count). The van der Waals surface area contributed by atoms with Crippen LogP contribution in [0.25, 0.3) is 0 Å². The van der Waals surface area contributed by atoms with E-state index in [9.17, 15) is 10.2 Å². The summed E-state index contributed by atoms with van der Waals surface area (Å²) in [4.78, 5) is 0. The van der Waals surface area contributed by atoms with Gasteiger partial charge in [0.15, 0.2) is 0 Å². The van der Waals surface area contributed by atoms with Crippen molar-refractivity contribution in [3.8, 4) is 0 Å². The lowest BCUT2D eigenvalue weighted by molar-refractivity contribution is -0.147. The molecule has 3 heteroatoms. The number of nitrogens with two attached hydrogens (primary N) is 1. The first-order valence-electron chi connectivity index (χ1n) is 8.87. The Morgan fingerprint density at radius 1 is 1.14 bits per heavy atom. The lowest BCUT2D eigenvalue weighted by Crippen LogP contribution is -2.57. The predicted octanol–water partition coefficient (Wildman–Crippen LogP) is 2.59. The molecule has 0 bridgehead atoms. The van der Waals surface area contributed by atoms with E-state index in [1.165, 1.54) is 0 Å². The van der Waals surface area contributed by atoms with Gasteiger partial charge in [0, 0.05) is 11.1 Å². The number of hydrogen-bond acceptors (Lipinski definition) is 3. The van der Waals surface area contributed by atoms with Crippen LogP contribution in [-0.2, 0) is 0 Å². The van der Waals surface area contributed by atoms with Crippen LogP contribution in [0.5, 0.6) is 0 Å². The third kappa shape index (κ3) is 1.75. The van der Waals surface area contributed by atoms with E-state index < -0.39 is 0 Å². The van der Waals surface area contributed by atoms with Crippen LogP contribution >= 0.6 is 0 Å². The molecule has 0 aliphatic heterocycles. The smallest absolute Gasteiger partial charge is 0.0780 e. The van der Waals surface area contributed by atoms with E-state index in [1.807, 2.05) is 6.08 Å². The third-order valence-electron chi connectivity index (χ3n) is 7.81. The minimum atomic E-state index is -0.349. The molecule has 122 valence electrons. The van der Waals surface area contributed by atoms with Crippen LogP contribution in [0, 0.1) is 34.5 Å². The topological polar surface area (TPSA) is 66.5 Å². The highest BCUT2D eigenvalue weighted by Crippen LogP contribution is 2.64. The fourth-order valence-corrected chi connectivity index (χ4v) is 6.28. The monoisotopic (exact) mass is 303 g/mol. The first-order valence-corrected chi connectivity index (χ1v) is 8.87. The van der Waals surface area contributed by atoms with Gasteiger partial charge in [0.1, 0.15) is 0 Å². The number of aliphatic hydroxyl groups excluding tert-OH is 2. The van der Waals surface area contributed by atoms with E-state index in [2.05, 4.69) is 26.0 Å². The zero-order chi connectivity index (χ0) is 15.7. The summed E-state index contributed by atoms with van der Waals surface area (Å²) in [6.45, 7) is 4.63. The van der Waals surface area contributed by atoms with E-state index >= 15 is 0 Å². The van der Waals surface area contributed by atoms with Crippen molar-refractivity contribution in [2.24, 2.45) is 40.2 Å². The number of hydrogen-bond donors (Lipinski definition) is 3. The Morgan fingerprint density at radius 2 is 1.91 bits per heavy atom. The molecule has 4 aliphatic carbocycles. The quantitative estimate of drug-likeness (QED) is 0.603. The van der Waals surface area contributed by atoms with Crippen molar-refractivity contribution in [3.05, 3.63) is 23.9 Å². The van der Waals surface area contributed by atoms with E-state index in [0.717, 1.165) is 37.8 Å². The molecule has 0 saturated heterocycles. The second kappa shape index (κ2) is 4.61. The van der Waals surface area contributed by atoms with Crippen LogP contribution < -0.4 is 5.73 Å². The van der Waals surface area contributed by atoms with Gasteiger partial charge in [0.2, 0.25) is 0 Å². The number of rotatable bonds is 0. The van der Waals surface area contributed by atoms with E-state index in [-0.39, 0.29) is 23.0 Å². The third-order valence-corrected chi connectivity index (χ3v) is 7.81. The maximum atomic E-state index is 10.9. The minimum Gasteiger partial charge on any atom is -0.402 e. The molecule has 0 radical (unpaired) electrons. The first kappa shape index (κ1) is 14.8. The molecule has 3 nitrogen and oxygen atoms in total. The Balaban J connectivity index is 1.72. The van der Waals surface area contributed by atoms with Crippen LogP contribution in [0.15, 0.2) is 23.9 Å². The van der Waals surface area contributed by atoms with Crippen molar-refractivity contribution in [1.82, 2.24) is 0 Å². The largest absolute Gasteiger partial charge is 0.402 e. The second-order valence-electron chi connectivity index (χ2n) is 8.74. The summed E-state index contributed by atoms with van der Waals surface area (Å²) >= 11 is 0. The molecule has 0 aromatic rings. The highest BCUT2D eigenvalue weighted by molar-refractivity contribution is 5.23. The molecule has 4 N–H and O–H groups in total. The maximum absolute atomic E-state index is 10.9. The van der Waals surface area contributed by atoms with Crippen LogP contribution in [0.1, 0.15) is 46.0 Å². The van der Waals surface area contributed by atoms with Crippen molar-refractivity contribution in [3.63, 3.8) is 0 Å². The minimum absolute atomic E-state index is 0.0745. The zero-order valence-corrected chi connectivity index (χ0v) is 13.7. The lowest BCUT2D eigenvalue weighted by atomic mass is 9.45. The van der Waals surface area contributed by atoms with Crippen LogP contribution in [0.4, 0.5) is 0 Å². The number of fused-ring (bicyclic) bond motifs is 5. The van der Waals surface area contributed by atoms with Gasteiger partial charge in [0.05, 0.1) is 12.2 Å². The molecule has 0 aromatic heterocycles. The van der Waals surface area contributed by atoms with Gasteiger partial charge in [-0.05, 0) is 61.2 Å². The van der Waals surface area contributed by atoms with Gasteiger partial charge in [-0.25, -0.2) is 0 Å². The Kier molecular flexibility index (Phi) is 3.09. The fraction of sp³-hybridized carbons (Fsp3) is 0.789. The van der Waals surface area contributed by atoms with Crippen molar-refractivity contribution < 1.29 is 10.2 Å². The van der Waals surface area contributed by atoms with Gasteiger partial charge in [-0.1, -0.05) is 32.1 Å². The Morgan fingerprint density at radius 3 is 2.68 bits per heavy atom. The second-order valence-corrected chi connectivity index (χ2v) is 8.74. The Labute approximate surface area is 133 Å². The van der Waals surface area contributed by atoms with Gasteiger partial charge in [-0.3, -0.25) is 0 Å². The normalized spacial score (nSPS) is 56.8. The summed E-state index contributed by atoms with van der Waals surface area (Å²) in [5.41, 5.74) is 7.26. The van der Waals surface area contributed by atoms with Gasteiger partial charge in [-0.2, -0.15) is 0 Å². The summed E-state index contributed by atoms with van der Waals surface area (Å²) in [5.74, 6) is 1.56. The summed E-state index contributed by atoms with van der Waals surface area (Å²) in [6, 6.07) is 0. The molecular weight excluding hydrogens is 274 g/mol. The molecule has 4 aliphatic rings. The molecule has 2 fully saturated rings. The molecule has 0 amide bonds. The molecule has 2 saturated carbocycles. The highest BCUT2D eigenvalue weighted by Gasteiger charge is 2.60. The number of aliphatic hydroxyl groups is 2. The molecule has 8 atom stereocenters. The van der Waals surface area contributed by atoms with Crippen LogP contribution in [0.2, 0.25) is 0 Å². The molecule has 22 heavy (non-hydrogen) atoms. The molecule has 1 unspecified atom stereocenters. The summed E-state index contributed by atoms with van der Waals surface area (Å²) in [5, 5.41) is 21.3. The molecule has 0 aromatic carbocycles. The van der Waals surface area contributed by atoms with Gasteiger partial charge in [0.25, 0.3) is 0 Å². The summed E-state index contributed by atoms with van der Waals surface area (Å²) in [6.07, 6.45) is 10.9. The number of allylic oxidation sites excluding steroid dienone is 3. The molecule has 0 spiro atoms. The zero-order valence-electron chi connectivity index (χ0n) is 13.7. The Hall–Kier alpha value is -0.800. The molecule has 0 heterocycles. The van der Waals surface area contributed by atoms with Crippen molar-refractivity contribution in [1.29, 1.82) is 0 Å². The lowest BCUT2D eigenvalue weighted by Gasteiger charge is -2.60. The van der Waals surface area contributed by atoms with Gasteiger partial charge < -0.3 is 15.9 Å². The average Bonchev–Trinajstić information content (AvgIpc) is 2.77. The fourth-order valence-electron chi connectivity index (χ4n) is 6.28. The van der Waals surface area contributed by atoms with Crippen LogP contribution in [-0.4, -0.2) is 22.4 Å². The van der Waals surface area contributed by atoms with Crippen molar-refractivity contribution in [2.45, 2.75) is 58.2 Å². The van der Waals surface area contributed by atoms with E-state index in [1.54, 1.807) is 0 Å². The SMILES string of the molecule is C[C@]12CC[C@H]3[C@@H]([C@@H](O)CC4C=C(N)CC[C@@]43C)[C@@H]1C=C[C@@H]2O. The summed E-state index contributed by atoms with van der Waals surface area (Å²) in [7, 11) is 0. The van der Waals surface area contributed by atoms with E-state index in [0.29, 0.717) is 23.7 Å². The predicted molar refractivity (Wildman–Crippen MR) is 86.7 cm³/mol. The Bertz CT molecular complexity index is 542. The molecular formula is C19H29NO2. The van der Waals surface area contributed by atoms with E-state index in [4.69, 9.17) is 5.73 Å². The standard InChI is InChI=1S/C19H29NO2/c1-18-7-5-12(20)9-11(18)10-15(21)17-13-3-4-16(22)19(13,2)8-6-14(17)18/h3-4,9,11,13-17,21-22H,5-8,10,20H2,1-2H3/t11?,13-,14-,15-,16-,17-,18-,19-/m0/s1.